The fraction of sp³-hybridized carbons (Fsp3) is 0.318. The fourth-order valence-corrected chi connectivity index (χ4v) is 3.83. The van der Waals surface area contributed by atoms with Crippen molar-refractivity contribution in [2.24, 2.45) is 5.92 Å². The number of aromatic nitrogens is 2. The molecule has 1 fully saturated rings. The molecule has 1 aromatic heterocycles. The normalized spacial score (nSPS) is 16.4. The van der Waals surface area contributed by atoms with Gasteiger partial charge in [0, 0.05) is 19.5 Å². The fourth-order valence-electron chi connectivity index (χ4n) is 3.83. The minimum Gasteiger partial charge on any atom is -0.495 e. The summed E-state index contributed by atoms with van der Waals surface area (Å²) in [6.07, 6.45) is 0.162. The minimum atomic E-state index is -0.446. The monoisotopic (exact) mass is 392 g/mol. The van der Waals surface area contributed by atoms with Gasteiger partial charge in [-0.15, -0.1) is 0 Å². The molecule has 1 aliphatic heterocycles. The molecule has 2 amide bonds. The van der Waals surface area contributed by atoms with Crippen LogP contribution in [0.5, 0.6) is 5.75 Å². The summed E-state index contributed by atoms with van der Waals surface area (Å²) in [6.45, 7) is 4.97. The number of methoxy groups -OCH3 is 1. The Morgan fingerprint density at radius 1 is 1.28 bits per heavy atom. The molecule has 4 rings (SSSR count). The van der Waals surface area contributed by atoms with Crippen molar-refractivity contribution >= 4 is 34.5 Å². The molecule has 29 heavy (non-hydrogen) atoms. The lowest BCUT2D eigenvalue weighted by Crippen LogP contribution is -2.29. The molecular formula is C22H24N4O3. The molecule has 2 aromatic carbocycles. The van der Waals surface area contributed by atoms with Crippen molar-refractivity contribution in [3.8, 4) is 5.75 Å². The van der Waals surface area contributed by atoms with E-state index in [1.54, 1.807) is 12.0 Å². The molecule has 1 unspecified atom stereocenters. The highest BCUT2D eigenvalue weighted by Gasteiger charge is 2.36. The van der Waals surface area contributed by atoms with E-state index in [2.05, 4.69) is 10.3 Å². The zero-order chi connectivity index (χ0) is 20.5. The average Bonchev–Trinajstić information content (AvgIpc) is 3.27. The number of para-hydroxylation sites is 2. The van der Waals surface area contributed by atoms with Crippen molar-refractivity contribution in [2.45, 2.75) is 26.8 Å². The van der Waals surface area contributed by atoms with Crippen molar-refractivity contribution in [2.75, 3.05) is 23.9 Å². The van der Waals surface area contributed by atoms with Crippen LogP contribution in [0.4, 0.5) is 11.6 Å². The predicted molar refractivity (Wildman–Crippen MR) is 112 cm³/mol. The number of amides is 2. The lowest BCUT2D eigenvalue weighted by Gasteiger charge is -2.20. The van der Waals surface area contributed by atoms with E-state index < -0.39 is 5.92 Å². The quantitative estimate of drug-likeness (QED) is 0.722. The van der Waals surface area contributed by atoms with Gasteiger partial charge in [-0.1, -0.05) is 18.2 Å². The van der Waals surface area contributed by atoms with Gasteiger partial charge < -0.3 is 14.2 Å². The Morgan fingerprint density at radius 2 is 2.07 bits per heavy atom. The minimum absolute atomic E-state index is 0.0851. The highest BCUT2D eigenvalue weighted by Crippen LogP contribution is 2.34. The molecule has 1 N–H and O–H groups in total. The van der Waals surface area contributed by atoms with E-state index in [-0.39, 0.29) is 18.2 Å². The maximum atomic E-state index is 12.9. The predicted octanol–water partition coefficient (Wildman–Crippen LogP) is 3.36. The first-order valence-corrected chi connectivity index (χ1v) is 9.73. The summed E-state index contributed by atoms with van der Waals surface area (Å²) in [5, 5.41) is 2.93. The summed E-state index contributed by atoms with van der Waals surface area (Å²) < 4.78 is 7.37. The lowest BCUT2D eigenvalue weighted by atomic mass is 10.1. The second-order valence-electron chi connectivity index (χ2n) is 7.24. The summed E-state index contributed by atoms with van der Waals surface area (Å²) in [5.74, 6) is 0.406. The van der Waals surface area contributed by atoms with Crippen LogP contribution in [0.25, 0.3) is 11.0 Å². The van der Waals surface area contributed by atoms with Crippen molar-refractivity contribution in [1.29, 1.82) is 0 Å². The molecule has 0 saturated carbocycles. The number of carbonyl (C=O) groups excluding carboxylic acids is 2. The zero-order valence-corrected chi connectivity index (χ0v) is 16.8. The third kappa shape index (κ3) is 3.44. The number of nitrogens with zero attached hydrogens (tertiary/aromatic N) is 3. The number of aryl methyl sites for hydroxylation is 2. The summed E-state index contributed by atoms with van der Waals surface area (Å²) in [4.78, 5) is 31.8. The van der Waals surface area contributed by atoms with Crippen LogP contribution in [0.15, 0.2) is 42.5 Å². The number of imidazole rings is 1. The molecule has 3 aromatic rings. The molecule has 0 spiro atoms. The molecule has 7 heteroatoms. The average molecular weight is 392 g/mol. The summed E-state index contributed by atoms with van der Waals surface area (Å²) >= 11 is 0. The first-order valence-electron chi connectivity index (χ1n) is 9.73. The highest BCUT2D eigenvalue weighted by molar-refractivity contribution is 6.04. The van der Waals surface area contributed by atoms with Gasteiger partial charge in [0.25, 0.3) is 0 Å². The van der Waals surface area contributed by atoms with Crippen LogP contribution in [0.1, 0.15) is 18.9 Å². The SMILES string of the molecule is CCn1c(NC(=O)C2CC(=O)N(c3cc(C)ccc3OC)C2)nc2ccccc21. The molecule has 2 heterocycles. The molecule has 7 nitrogen and oxygen atoms in total. The smallest absolute Gasteiger partial charge is 0.232 e. The van der Waals surface area contributed by atoms with Gasteiger partial charge in [-0.3, -0.25) is 14.9 Å². The maximum absolute atomic E-state index is 12.9. The standard InChI is InChI=1S/C22H24N4O3/c1-4-25-17-8-6-5-7-16(17)23-22(25)24-21(28)15-12-20(27)26(13-15)18-11-14(2)9-10-19(18)29-3/h5-11,15H,4,12-13H2,1-3H3,(H,23,24,28). The van der Waals surface area contributed by atoms with Crippen LogP contribution in [0, 0.1) is 12.8 Å². The number of carbonyl (C=O) groups is 2. The third-order valence-electron chi connectivity index (χ3n) is 5.33. The third-order valence-corrected chi connectivity index (χ3v) is 5.33. The van der Waals surface area contributed by atoms with Crippen molar-refractivity contribution in [3.05, 3.63) is 48.0 Å². The van der Waals surface area contributed by atoms with Crippen molar-refractivity contribution < 1.29 is 14.3 Å². The van der Waals surface area contributed by atoms with E-state index in [9.17, 15) is 9.59 Å². The number of hydrogen-bond acceptors (Lipinski definition) is 4. The molecule has 150 valence electrons. The van der Waals surface area contributed by atoms with Gasteiger partial charge in [-0.25, -0.2) is 4.98 Å². The van der Waals surface area contributed by atoms with Crippen LogP contribution in [0.2, 0.25) is 0 Å². The Bertz CT molecular complexity index is 1090. The number of anilines is 2. The van der Waals surface area contributed by atoms with Gasteiger partial charge in [0.15, 0.2) is 0 Å². The molecule has 0 bridgehead atoms. The van der Waals surface area contributed by atoms with Gasteiger partial charge >= 0.3 is 0 Å². The largest absolute Gasteiger partial charge is 0.495 e. The molecule has 0 aliphatic carbocycles. The van der Waals surface area contributed by atoms with Crippen LogP contribution >= 0.6 is 0 Å². The maximum Gasteiger partial charge on any atom is 0.232 e. The van der Waals surface area contributed by atoms with E-state index in [0.29, 0.717) is 30.5 Å². The number of benzene rings is 2. The number of fused-ring (bicyclic) bond motifs is 1. The van der Waals surface area contributed by atoms with E-state index in [1.165, 1.54) is 0 Å². The van der Waals surface area contributed by atoms with Gasteiger partial charge in [0.2, 0.25) is 17.8 Å². The highest BCUT2D eigenvalue weighted by atomic mass is 16.5. The molecule has 0 radical (unpaired) electrons. The van der Waals surface area contributed by atoms with E-state index in [1.807, 2.05) is 60.9 Å². The number of rotatable bonds is 5. The van der Waals surface area contributed by atoms with Gasteiger partial charge in [-0.05, 0) is 43.7 Å². The summed E-state index contributed by atoms with van der Waals surface area (Å²) in [5.41, 5.74) is 3.53. The van der Waals surface area contributed by atoms with Crippen molar-refractivity contribution in [3.63, 3.8) is 0 Å². The van der Waals surface area contributed by atoms with E-state index in [4.69, 9.17) is 4.74 Å². The molecular weight excluding hydrogens is 368 g/mol. The van der Waals surface area contributed by atoms with Crippen LogP contribution < -0.4 is 15.0 Å². The first kappa shape index (κ1) is 19.0. The van der Waals surface area contributed by atoms with Crippen LogP contribution in [0.3, 0.4) is 0 Å². The Kier molecular flexibility index (Phi) is 4.96. The second-order valence-corrected chi connectivity index (χ2v) is 7.24. The topological polar surface area (TPSA) is 76.5 Å². The van der Waals surface area contributed by atoms with E-state index >= 15 is 0 Å². The first-order chi connectivity index (χ1) is 14.0. The Morgan fingerprint density at radius 3 is 2.83 bits per heavy atom. The molecule has 1 aliphatic rings. The zero-order valence-electron chi connectivity index (χ0n) is 16.8. The second kappa shape index (κ2) is 7.58. The van der Waals surface area contributed by atoms with Gasteiger partial charge in [-0.2, -0.15) is 0 Å². The Hall–Kier alpha value is -3.35. The van der Waals surface area contributed by atoms with Crippen LogP contribution in [-0.2, 0) is 16.1 Å². The number of ether oxygens (including phenoxy) is 1. The number of hydrogen-bond donors (Lipinski definition) is 1. The van der Waals surface area contributed by atoms with Gasteiger partial charge in [0.1, 0.15) is 5.75 Å². The summed E-state index contributed by atoms with van der Waals surface area (Å²) in [6, 6.07) is 13.5. The summed E-state index contributed by atoms with van der Waals surface area (Å²) in [7, 11) is 1.58. The Balaban J connectivity index is 1.56. The van der Waals surface area contributed by atoms with Crippen LogP contribution in [-0.4, -0.2) is 35.0 Å². The molecule has 1 saturated heterocycles. The number of nitrogens with one attached hydrogen (secondary N) is 1. The Labute approximate surface area is 169 Å². The van der Waals surface area contributed by atoms with E-state index in [0.717, 1.165) is 16.6 Å². The molecule has 1 atom stereocenters. The lowest BCUT2D eigenvalue weighted by molar-refractivity contribution is -0.122. The van der Waals surface area contributed by atoms with Gasteiger partial charge in [0.05, 0.1) is 29.7 Å². The van der Waals surface area contributed by atoms with Crippen molar-refractivity contribution in [1.82, 2.24) is 9.55 Å².